The van der Waals surface area contributed by atoms with Gasteiger partial charge in [0.05, 0.1) is 18.8 Å². The number of aliphatic hydroxyl groups excluding tert-OH is 2. The molecule has 8 heteroatoms. The molecule has 2 aliphatic heterocycles. The number of carbonyl (C=O) groups is 2. The zero-order valence-corrected chi connectivity index (χ0v) is 18.2. The highest BCUT2D eigenvalue weighted by molar-refractivity contribution is 5.70. The van der Waals surface area contributed by atoms with Gasteiger partial charge in [-0.2, -0.15) is 0 Å². The van der Waals surface area contributed by atoms with Gasteiger partial charge in [0.1, 0.15) is 30.5 Å². The summed E-state index contributed by atoms with van der Waals surface area (Å²) in [7, 11) is 0. The zero-order chi connectivity index (χ0) is 22.1. The highest BCUT2D eigenvalue weighted by Crippen LogP contribution is 2.71. The first-order chi connectivity index (χ1) is 14.0. The van der Waals surface area contributed by atoms with Crippen LogP contribution in [-0.2, 0) is 28.5 Å². The van der Waals surface area contributed by atoms with E-state index in [2.05, 4.69) is 0 Å². The molecule has 8 atom stereocenters. The third kappa shape index (κ3) is 2.80. The highest BCUT2D eigenvalue weighted by Gasteiger charge is 2.85. The Morgan fingerprint density at radius 3 is 2.57 bits per heavy atom. The van der Waals surface area contributed by atoms with Gasteiger partial charge in [0, 0.05) is 30.6 Å². The number of esters is 2. The number of hydrogen-bond donors (Lipinski definition) is 2. The van der Waals surface area contributed by atoms with Crippen LogP contribution in [0.15, 0.2) is 11.6 Å². The van der Waals surface area contributed by atoms with Crippen LogP contribution in [0.25, 0.3) is 0 Å². The Morgan fingerprint density at radius 2 is 2.00 bits per heavy atom. The molecule has 168 valence electrons. The lowest BCUT2D eigenvalue weighted by Crippen LogP contribution is -2.67. The minimum Gasteiger partial charge on any atom is -0.465 e. The molecule has 2 aliphatic carbocycles. The molecule has 3 fully saturated rings. The molecule has 0 aromatic carbocycles. The van der Waals surface area contributed by atoms with E-state index in [1.165, 1.54) is 6.92 Å². The van der Waals surface area contributed by atoms with Crippen molar-refractivity contribution < 1.29 is 38.7 Å². The number of epoxide rings is 1. The van der Waals surface area contributed by atoms with Crippen LogP contribution < -0.4 is 0 Å². The smallest absolute Gasteiger partial charge is 0.306 e. The molecule has 1 saturated carbocycles. The van der Waals surface area contributed by atoms with Gasteiger partial charge in [0.2, 0.25) is 0 Å². The molecule has 0 radical (unpaired) electrons. The molecule has 4 rings (SSSR count). The Kier molecular flexibility index (Phi) is 5.09. The third-order valence-corrected chi connectivity index (χ3v) is 7.74. The van der Waals surface area contributed by atoms with Gasteiger partial charge in [-0.3, -0.25) is 9.59 Å². The van der Waals surface area contributed by atoms with E-state index < -0.39 is 52.9 Å². The van der Waals surface area contributed by atoms with Crippen LogP contribution in [0.5, 0.6) is 0 Å². The van der Waals surface area contributed by atoms with Crippen LogP contribution in [0.3, 0.4) is 0 Å². The van der Waals surface area contributed by atoms with Crippen LogP contribution in [0.1, 0.15) is 47.5 Å². The standard InChI is InChI=1S/C22H32O8/c1-11(2)6-16(24)29-14-8-21(9-27-13(4)23)15(7-12(14)3)30-19-17(25)18(26)20(21,5)22(19)10-28-22/h7,11,14-15,17-19,25-26H,6,8-10H2,1-5H3/t14-,15+,17-,18+,19-,20+,21+,22+/m1/s1. The van der Waals surface area contributed by atoms with Crippen LogP contribution in [0, 0.1) is 16.7 Å². The van der Waals surface area contributed by atoms with Crippen molar-refractivity contribution >= 4 is 11.9 Å². The van der Waals surface area contributed by atoms with E-state index in [0.717, 1.165) is 5.57 Å². The van der Waals surface area contributed by atoms with E-state index >= 15 is 0 Å². The molecule has 2 saturated heterocycles. The summed E-state index contributed by atoms with van der Waals surface area (Å²) >= 11 is 0. The second-order valence-corrected chi connectivity index (χ2v) is 9.92. The van der Waals surface area contributed by atoms with Crippen LogP contribution >= 0.6 is 0 Å². The predicted octanol–water partition coefficient (Wildman–Crippen LogP) is 1.12. The second kappa shape index (κ2) is 7.02. The van der Waals surface area contributed by atoms with Gasteiger partial charge in [-0.25, -0.2) is 0 Å². The molecule has 0 aromatic rings. The predicted molar refractivity (Wildman–Crippen MR) is 104 cm³/mol. The molecule has 2 heterocycles. The van der Waals surface area contributed by atoms with Gasteiger partial charge < -0.3 is 29.2 Å². The van der Waals surface area contributed by atoms with E-state index in [1.54, 1.807) is 0 Å². The largest absolute Gasteiger partial charge is 0.465 e. The molecule has 4 aliphatic rings. The lowest BCUT2D eigenvalue weighted by atomic mass is 9.51. The van der Waals surface area contributed by atoms with Gasteiger partial charge in [-0.05, 0) is 18.4 Å². The first-order valence-electron chi connectivity index (χ1n) is 10.7. The van der Waals surface area contributed by atoms with Crippen molar-refractivity contribution in [2.75, 3.05) is 13.2 Å². The molecule has 30 heavy (non-hydrogen) atoms. The van der Waals surface area contributed by atoms with Gasteiger partial charge in [0.15, 0.2) is 0 Å². The van der Waals surface area contributed by atoms with Crippen molar-refractivity contribution in [2.24, 2.45) is 16.7 Å². The van der Waals surface area contributed by atoms with Crippen molar-refractivity contribution in [3.8, 4) is 0 Å². The Morgan fingerprint density at radius 1 is 1.33 bits per heavy atom. The van der Waals surface area contributed by atoms with Crippen molar-refractivity contribution in [1.29, 1.82) is 0 Å². The number of fused-ring (bicyclic) bond motifs is 2. The molecular weight excluding hydrogens is 392 g/mol. The molecule has 0 aromatic heterocycles. The Hall–Kier alpha value is -1.48. The summed E-state index contributed by atoms with van der Waals surface area (Å²) in [6.45, 7) is 9.28. The Balaban J connectivity index is 1.75. The van der Waals surface area contributed by atoms with Crippen LogP contribution in [0.4, 0.5) is 0 Å². The maximum Gasteiger partial charge on any atom is 0.306 e. The van der Waals surface area contributed by atoms with Crippen molar-refractivity contribution in [2.45, 2.75) is 83.6 Å². The molecule has 2 bridgehead atoms. The second-order valence-electron chi connectivity index (χ2n) is 9.92. The minimum absolute atomic E-state index is 0.0346. The lowest BCUT2D eigenvalue weighted by molar-refractivity contribution is -0.239. The summed E-state index contributed by atoms with van der Waals surface area (Å²) in [6, 6.07) is 0. The fourth-order valence-corrected chi connectivity index (χ4v) is 5.92. The Bertz CT molecular complexity index is 771. The van der Waals surface area contributed by atoms with Crippen LogP contribution in [0.2, 0.25) is 0 Å². The average molecular weight is 424 g/mol. The zero-order valence-electron chi connectivity index (χ0n) is 18.2. The van der Waals surface area contributed by atoms with Crippen LogP contribution in [-0.4, -0.2) is 71.5 Å². The van der Waals surface area contributed by atoms with Gasteiger partial charge in [0.25, 0.3) is 0 Å². The third-order valence-electron chi connectivity index (χ3n) is 7.74. The lowest BCUT2D eigenvalue weighted by Gasteiger charge is -2.58. The number of hydrogen-bond acceptors (Lipinski definition) is 8. The molecule has 0 unspecified atom stereocenters. The highest BCUT2D eigenvalue weighted by atomic mass is 16.6. The molecule has 8 nitrogen and oxygen atoms in total. The van der Waals surface area contributed by atoms with Gasteiger partial charge >= 0.3 is 11.9 Å². The molecule has 2 N–H and O–H groups in total. The van der Waals surface area contributed by atoms with Crippen molar-refractivity contribution in [3.63, 3.8) is 0 Å². The molecular formula is C22H32O8. The monoisotopic (exact) mass is 424 g/mol. The summed E-state index contributed by atoms with van der Waals surface area (Å²) in [6.07, 6.45) is -1.50. The van der Waals surface area contributed by atoms with Crippen molar-refractivity contribution in [1.82, 2.24) is 0 Å². The van der Waals surface area contributed by atoms with E-state index in [4.69, 9.17) is 18.9 Å². The first kappa shape index (κ1) is 21.7. The van der Waals surface area contributed by atoms with Gasteiger partial charge in [-0.1, -0.05) is 26.8 Å². The summed E-state index contributed by atoms with van der Waals surface area (Å²) in [5, 5.41) is 21.9. The number of aliphatic hydroxyl groups is 2. The summed E-state index contributed by atoms with van der Waals surface area (Å²) < 4.78 is 23.4. The fourth-order valence-electron chi connectivity index (χ4n) is 5.92. The topological polar surface area (TPSA) is 115 Å². The van der Waals surface area contributed by atoms with E-state index in [-0.39, 0.29) is 18.5 Å². The SMILES string of the molecule is CC(=O)OC[C@@]12C[C@@H](OC(=O)CC(C)C)C(C)=C[C@@H]1O[C@@H]1[C@H](O)[C@H](O)[C@]2(C)[C@]12CO2. The maximum atomic E-state index is 12.4. The van der Waals surface area contributed by atoms with E-state index in [1.807, 2.05) is 33.8 Å². The quantitative estimate of drug-likeness (QED) is 0.383. The fraction of sp³-hybridized carbons (Fsp3) is 0.818. The summed E-state index contributed by atoms with van der Waals surface area (Å²) in [4.78, 5) is 24.1. The normalized spacial score (nSPS) is 46.4. The average Bonchev–Trinajstić information content (AvgIpc) is 3.43. The molecule has 1 spiro atoms. The minimum atomic E-state index is -1.13. The first-order valence-corrected chi connectivity index (χ1v) is 10.7. The van der Waals surface area contributed by atoms with Gasteiger partial charge in [-0.15, -0.1) is 0 Å². The number of carbonyl (C=O) groups excluding carboxylic acids is 2. The van der Waals surface area contributed by atoms with E-state index in [0.29, 0.717) is 19.4 Å². The molecule has 0 amide bonds. The summed E-state index contributed by atoms with van der Waals surface area (Å²) in [5.41, 5.74) is -1.89. The Labute approximate surface area is 176 Å². The maximum absolute atomic E-state index is 12.4. The summed E-state index contributed by atoms with van der Waals surface area (Å²) in [5.74, 6) is -0.584. The van der Waals surface area contributed by atoms with E-state index in [9.17, 15) is 19.8 Å². The number of ether oxygens (including phenoxy) is 4. The number of rotatable bonds is 5. The van der Waals surface area contributed by atoms with Crippen molar-refractivity contribution in [3.05, 3.63) is 11.6 Å².